The summed E-state index contributed by atoms with van der Waals surface area (Å²) in [4.78, 5) is 38.5. The maximum absolute atomic E-state index is 9.72. The fourth-order valence-electron chi connectivity index (χ4n) is 1.18. The molecule has 0 aliphatic rings. The van der Waals surface area contributed by atoms with Crippen LogP contribution in [0.25, 0.3) is 0 Å². The van der Waals surface area contributed by atoms with Gasteiger partial charge in [0.1, 0.15) is 0 Å². The van der Waals surface area contributed by atoms with Crippen molar-refractivity contribution in [2.24, 2.45) is 5.92 Å². The Morgan fingerprint density at radius 3 is 1.30 bits per heavy atom. The van der Waals surface area contributed by atoms with Crippen LogP contribution in [0.4, 0.5) is 0 Å². The Kier molecular flexibility index (Phi) is 40.0. The van der Waals surface area contributed by atoms with E-state index in [4.69, 9.17) is 44.9 Å². The van der Waals surface area contributed by atoms with Crippen LogP contribution in [0.3, 0.4) is 0 Å². The SMILES string of the molecule is C.C.CC(C)CC(C)O.O=C(O)CC(O)C(=O)O.O=C([O-])CC(O)C(=O)[O-].[Cl][Zn][Cl]. The van der Waals surface area contributed by atoms with Gasteiger partial charge in [0.05, 0.1) is 24.6 Å². The van der Waals surface area contributed by atoms with Gasteiger partial charge in [0.15, 0.2) is 6.10 Å². The third-order valence-electron chi connectivity index (χ3n) is 2.10. The van der Waals surface area contributed by atoms with Crippen molar-refractivity contribution in [2.45, 2.75) is 73.2 Å². The van der Waals surface area contributed by atoms with Crippen LogP contribution in [0, 0.1) is 5.92 Å². The van der Waals surface area contributed by atoms with Crippen molar-refractivity contribution in [2.75, 3.05) is 0 Å². The molecule has 0 saturated heterocycles. The predicted octanol–water partition coefficient (Wildman–Crippen LogP) is -0.794. The Balaban J connectivity index is -0.0000000658. The number of carbonyl (C=O) groups excluding carboxylic acids is 2. The molecule has 30 heavy (non-hydrogen) atoms. The summed E-state index contributed by atoms with van der Waals surface area (Å²) in [5.41, 5.74) is 0. The molecule has 0 aromatic heterocycles. The zero-order valence-electron chi connectivity index (χ0n) is 15.6. The fourth-order valence-corrected chi connectivity index (χ4v) is 1.18. The second kappa shape index (κ2) is 28.0. The summed E-state index contributed by atoms with van der Waals surface area (Å²) >= 11 is -0.931. The molecular formula is C16H32Cl2O11Zn-2. The molecule has 0 spiro atoms. The molecule has 3 atom stereocenters. The van der Waals surface area contributed by atoms with Crippen molar-refractivity contribution in [3.05, 3.63) is 0 Å². The summed E-state index contributed by atoms with van der Waals surface area (Å²) in [5.74, 6) is -5.65. The van der Waals surface area contributed by atoms with E-state index < -0.39 is 64.1 Å². The van der Waals surface area contributed by atoms with Crippen molar-refractivity contribution in [3.63, 3.8) is 0 Å². The summed E-state index contributed by atoms with van der Waals surface area (Å²) in [6.45, 7) is 6.03. The van der Waals surface area contributed by atoms with Crippen LogP contribution < -0.4 is 10.2 Å². The van der Waals surface area contributed by atoms with Gasteiger partial charge in [-0.2, -0.15) is 0 Å². The number of hydrogen-bond donors (Lipinski definition) is 5. The van der Waals surface area contributed by atoms with Gasteiger partial charge in [0.25, 0.3) is 0 Å². The van der Waals surface area contributed by atoms with Crippen LogP contribution in [0.1, 0.15) is 54.9 Å². The van der Waals surface area contributed by atoms with E-state index in [1.807, 2.05) is 6.92 Å². The molecule has 180 valence electrons. The van der Waals surface area contributed by atoms with Crippen molar-refractivity contribution < 1.29 is 70.1 Å². The van der Waals surface area contributed by atoms with E-state index >= 15 is 0 Å². The van der Waals surface area contributed by atoms with Gasteiger partial charge in [-0.25, -0.2) is 4.79 Å². The van der Waals surface area contributed by atoms with E-state index in [-0.39, 0.29) is 21.0 Å². The topological polar surface area (TPSA) is 216 Å². The summed E-state index contributed by atoms with van der Waals surface area (Å²) in [5, 5.41) is 60.2. The van der Waals surface area contributed by atoms with Gasteiger partial charge in [-0.3, -0.25) is 4.79 Å². The molecule has 14 heteroatoms. The zero-order valence-corrected chi connectivity index (χ0v) is 20.1. The normalized spacial score (nSPS) is 11.4. The average molecular weight is 537 g/mol. The van der Waals surface area contributed by atoms with E-state index in [1.165, 1.54) is 0 Å². The Hall–Kier alpha value is -1.04. The molecule has 0 radical (unpaired) electrons. The molecule has 3 unspecified atom stereocenters. The van der Waals surface area contributed by atoms with Crippen LogP contribution >= 0.6 is 19.4 Å². The van der Waals surface area contributed by atoms with E-state index in [2.05, 4.69) is 13.8 Å². The first-order valence-electron chi connectivity index (χ1n) is 7.63. The Morgan fingerprint density at radius 2 is 1.23 bits per heavy atom. The molecule has 0 aromatic carbocycles. The molecule has 0 aromatic rings. The first-order valence-corrected chi connectivity index (χ1v) is 15.4. The van der Waals surface area contributed by atoms with Crippen molar-refractivity contribution >= 4 is 43.3 Å². The molecule has 0 saturated carbocycles. The minimum atomic E-state index is -1.96. The fraction of sp³-hybridized carbons (Fsp3) is 0.750. The van der Waals surface area contributed by atoms with Gasteiger partial charge in [-0.1, -0.05) is 28.7 Å². The quantitative estimate of drug-likeness (QED) is 0.242. The third kappa shape index (κ3) is 50.5. The summed E-state index contributed by atoms with van der Waals surface area (Å²) in [6.07, 6.45) is -4.64. The van der Waals surface area contributed by atoms with Crippen LogP contribution in [-0.4, -0.2) is 67.7 Å². The number of halogens is 2. The average Bonchev–Trinajstić information content (AvgIpc) is 2.46. The minimum absolute atomic E-state index is 0. The third-order valence-corrected chi connectivity index (χ3v) is 2.10. The van der Waals surface area contributed by atoms with Gasteiger partial charge in [0, 0.05) is 12.4 Å². The maximum atomic E-state index is 9.72. The van der Waals surface area contributed by atoms with Gasteiger partial charge in [-0.15, -0.1) is 0 Å². The number of rotatable bonds is 8. The van der Waals surface area contributed by atoms with Gasteiger partial charge in [-0.05, 0) is 19.3 Å². The number of hydrogen-bond acceptors (Lipinski definition) is 9. The molecule has 0 aliphatic carbocycles. The Bertz CT molecular complexity index is 411. The summed E-state index contributed by atoms with van der Waals surface area (Å²) < 4.78 is 0. The molecule has 0 bridgehead atoms. The van der Waals surface area contributed by atoms with E-state index in [0.717, 1.165) is 6.42 Å². The first-order chi connectivity index (χ1) is 12.6. The van der Waals surface area contributed by atoms with Gasteiger partial charge in [0.2, 0.25) is 0 Å². The second-order valence-electron chi connectivity index (χ2n) is 5.44. The van der Waals surface area contributed by atoms with Crippen molar-refractivity contribution in [1.29, 1.82) is 0 Å². The number of carboxylic acid groups (broad SMARTS) is 4. The molecule has 0 fully saturated rings. The van der Waals surface area contributed by atoms with Gasteiger partial charge < -0.3 is 45.3 Å². The first kappa shape index (κ1) is 42.9. The van der Waals surface area contributed by atoms with Crippen LogP contribution in [-0.2, 0) is 34.3 Å². The number of aliphatic carboxylic acids is 4. The monoisotopic (exact) mass is 534 g/mol. The molecule has 0 aliphatic heterocycles. The van der Waals surface area contributed by atoms with Crippen LogP contribution in [0.5, 0.6) is 0 Å². The number of aliphatic hydroxyl groups excluding tert-OH is 3. The standard InChI is InChI=1S/C6H14O.2C4H6O5.2CH4.2ClH.Zn/c1-5(2)4-6(3)7;2*5-2(4(8)9)1-3(6)7;;;;;/h5-7H,4H2,1-3H3;2*2,5H,1H2,(H,6,7)(H,8,9);2*1H4;2*1H;/q;;;;;;;+2/p-4. The van der Waals surface area contributed by atoms with Crippen LogP contribution in [0.2, 0.25) is 0 Å². The number of carboxylic acids is 4. The zero-order chi connectivity index (χ0) is 23.4. The summed E-state index contributed by atoms with van der Waals surface area (Å²) in [7, 11) is 9.90. The number of aliphatic hydroxyl groups is 3. The summed E-state index contributed by atoms with van der Waals surface area (Å²) in [6, 6.07) is 0. The van der Waals surface area contributed by atoms with Gasteiger partial charge >= 0.3 is 46.5 Å². The van der Waals surface area contributed by atoms with E-state index in [1.54, 1.807) is 0 Å². The Morgan fingerprint density at radius 1 is 0.867 bits per heavy atom. The molecule has 0 heterocycles. The molecule has 5 N–H and O–H groups in total. The Labute approximate surface area is 192 Å². The molecule has 0 amide bonds. The van der Waals surface area contributed by atoms with Crippen LogP contribution in [0.15, 0.2) is 0 Å². The van der Waals surface area contributed by atoms with Crippen molar-refractivity contribution in [1.82, 2.24) is 0 Å². The molecule has 0 rings (SSSR count). The number of carbonyl (C=O) groups is 4. The molecule has 11 nitrogen and oxygen atoms in total. The van der Waals surface area contributed by atoms with E-state index in [9.17, 15) is 29.4 Å². The van der Waals surface area contributed by atoms with E-state index in [0.29, 0.717) is 5.92 Å². The predicted molar refractivity (Wildman–Crippen MR) is 103 cm³/mol. The van der Waals surface area contributed by atoms with Crippen molar-refractivity contribution in [3.8, 4) is 0 Å². The second-order valence-corrected chi connectivity index (χ2v) is 10.1. The molecular weight excluding hydrogens is 504 g/mol.